The topological polar surface area (TPSA) is 73.3 Å². The molecule has 1 aromatic carbocycles. The molecule has 0 fully saturated rings. The van der Waals surface area contributed by atoms with Crippen molar-refractivity contribution in [2.24, 2.45) is 0 Å². The van der Waals surface area contributed by atoms with Gasteiger partial charge in [0.05, 0.1) is 22.3 Å². The number of benzene rings is 1. The third-order valence-electron chi connectivity index (χ3n) is 3.09. The highest BCUT2D eigenvalue weighted by Gasteiger charge is 2.18. The minimum absolute atomic E-state index is 0.200. The summed E-state index contributed by atoms with van der Waals surface area (Å²) in [4.78, 5) is 21.0. The summed E-state index contributed by atoms with van der Waals surface area (Å²) in [7, 11) is 1.61. The number of aromatic nitrogens is 2. The van der Waals surface area contributed by atoms with Crippen molar-refractivity contribution in [1.29, 1.82) is 0 Å². The van der Waals surface area contributed by atoms with Crippen molar-refractivity contribution in [3.63, 3.8) is 0 Å². The zero-order valence-corrected chi connectivity index (χ0v) is 16.0. The Balaban J connectivity index is 2.22. The number of methoxy groups -OCH3 is 1. The van der Waals surface area contributed by atoms with Crippen LogP contribution >= 0.6 is 35.0 Å². The molecular weight excluding hydrogens is 385 g/mol. The number of halogens is 2. The van der Waals surface area contributed by atoms with Crippen molar-refractivity contribution >= 4 is 46.6 Å². The van der Waals surface area contributed by atoms with Crippen LogP contribution in [0.1, 0.15) is 16.8 Å². The zero-order chi connectivity index (χ0) is 18.2. The monoisotopic (exact) mass is 401 g/mol. The first-order chi connectivity index (χ1) is 12.1. The first-order valence-electron chi connectivity index (χ1n) is 7.35. The van der Waals surface area contributed by atoms with Gasteiger partial charge in [-0.2, -0.15) is 4.98 Å². The fourth-order valence-electron chi connectivity index (χ4n) is 1.89. The number of rotatable bonds is 8. The van der Waals surface area contributed by atoms with Gasteiger partial charge >= 0.3 is 0 Å². The third-order valence-corrected chi connectivity index (χ3v) is 4.28. The number of ether oxygens (including phenoxy) is 2. The fraction of sp³-hybridized carbons (Fsp3) is 0.312. The summed E-state index contributed by atoms with van der Waals surface area (Å²) in [5, 5.41) is 3.86. The Bertz CT molecular complexity index is 726. The molecule has 0 unspecified atom stereocenters. The van der Waals surface area contributed by atoms with Crippen LogP contribution in [0, 0.1) is 0 Å². The van der Waals surface area contributed by atoms with Crippen molar-refractivity contribution in [3.8, 4) is 5.88 Å². The second kappa shape index (κ2) is 9.82. The van der Waals surface area contributed by atoms with Gasteiger partial charge in [-0.3, -0.25) is 4.79 Å². The van der Waals surface area contributed by atoms with Gasteiger partial charge in [0, 0.05) is 26.3 Å². The highest BCUT2D eigenvalue weighted by molar-refractivity contribution is 7.98. The molecule has 25 heavy (non-hydrogen) atoms. The molecule has 1 N–H and O–H groups in total. The van der Waals surface area contributed by atoms with Gasteiger partial charge < -0.3 is 14.8 Å². The summed E-state index contributed by atoms with van der Waals surface area (Å²) in [6.07, 6.45) is 3.93. The number of para-hydroxylation sites is 1. The van der Waals surface area contributed by atoms with Crippen LogP contribution in [0.3, 0.4) is 0 Å². The largest absolute Gasteiger partial charge is 0.477 e. The molecule has 0 aliphatic heterocycles. The molecule has 2 rings (SSSR count). The Hall–Kier alpha value is -1.54. The van der Waals surface area contributed by atoms with Gasteiger partial charge in [-0.05, 0) is 18.4 Å². The summed E-state index contributed by atoms with van der Waals surface area (Å²) < 4.78 is 10.6. The number of thioether (sulfide) groups is 1. The molecule has 1 amide bonds. The lowest BCUT2D eigenvalue weighted by Crippen LogP contribution is -2.16. The van der Waals surface area contributed by atoms with Crippen molar-refractivity contribution in [1.82, 2.24) is 9.97 Å². The van der Waals surface area contributed by atoms with Crippen LogP contribution in [0.5, 0.6) is 5.88 Å². The lowest BCUT2D eigenvalue weighted by atomic mass is 10.2. The van der Waals surface area contributed by atoms with Crippen molar-refractivity contribution in [2.45, 2.75) is 11.6 Å². The molecule has 0 saturated carbocycles. The van der Waals surface area contributed by atoms with Crippen molar-refractivity contribution in [2.75, 3.05) is 31.9 Å². The minimum Gasteiger partial charge on any atom is -0.477 e. The number of nitrogens with one attached hydrogen (secondary N) is 1. The molecule has 0 spiro atoms. The van der Waals surface area contributed by atoms with E-state index in [1.165, 1.54) is 18.0 Å². The molecule has 1 heterocycles. The Morgan fingerprint density at radius 2 is 2.00 bits per heavy atom. The average Bonchev–Trinajstić information content (AvgIpc) is 2.61. The van der Waals surface area contributed by atoms with Crippen LogP contribution in [0.25, 0.3) is 0 Å². The number of amides is 1. The van der Waals surface area contributed by atoms with E-state index in [1.807, 2.05) is 6.26 Å². The molecule has 9 heteroatoms. The van der Waals surface area contributed by atoms with E-state index in [2.05, 4.69) is 15.3 Å². The number of carbonyl (C=O) groups excluding carboxylic acids is 1. The van der Waals surface area contributed by atoms with E-state index < -0.39 is 5.91 Å². The SMILES string of the molecule is COCCCOc1nc(SC)ncc1C(=O)Nc1c(Cl)cccc1Cl. The molecule has 134 valence electrons. The van der Waals surface area contributed by atoms with E-state index >= 15 is 0 Å². The van der Waals surface area contributed by atoms with Crippen molar-refractivity contribution in [3.05, 3.63) is 40.0 Å². The van der Waals surface area contributed by atoms with Crippen LogP contribution < -0.4 is 10.1 Å². The number of nitrogens with zero attached hydrogens (tertiary/aromatic N) is 2. The van der Waals surface area contributed by atoms with Gasteiger partial charge in [0.1, 0.15) is 5.56 Å². The van der Waals surface area contributed by atoms with Crippen molar-refractivity contribution < 1.29 is 14.3 Å². The Kier molecular flexibility index (Phi) is 7.77. The maximum absolute atomic E-state index is 12.6. The first-order valence-corrected chi connectivity index (χ1v) is 9.33. The number of carbonyl (C=O) groups is 1. The van der Waals surface area contributed by atoms with Gasteiger partial charge in [-0.1, -0.05) is 41.0 Å². The lowest BCUT2D eigenvalue weighted by Gasteiger charge is -2.12. The van der Waals surface area contributed by atoms with Crippen LogP contribution in [0.2, 0.25) is 10.0 Å². The second-order valence-corrected chi connectivity index (χ2v) is 6.41. The van der Waals surface area contributed by atoms with Gasteiger partial charge in [0.25, 0.3) is 5.91 Å². The summed E-state index contributed by atoms with van der Waals surface area (Å²) in [6, 6.07) is 4.97. The van der Waals surface area contributed by atoms with E-state index in [4.69, 9.17) is 32.7 Å². The van der Waals surface area contributed by atoms with Crippen LogP contribution in [0.15, 0.2) is 29.6 Å². The zero-order valence-electron chi connectivity index (χ0n) is 13.7. The molecule has 2 aromatic rings. The summed E-state index contributed by atoms with van der Waals surface area (Å²) in [5.41, 5.74) is 0.529. The highest BCUT2D eigenvalue weighted by atomic mass is 35.5. The molecule has 0 radical (unpaired) electrons. The van der Waals surface area contributed by atoms with Gasteiger partial charge in [0.2, 0.25) is 5.88 Å². The Morgan fingerprint density at radius 3 is 2.64 bits per heavy atom. The average molecular weight is 402 g/mol. The van der Waals surface area contributed by atoms with E-state index in [-0.39, 0.29) is 11.4 Å². The van der Waals surface area contributed by atoms with E-state index in [1.54, 1.807) is 25.3 Å². The Labute approximate surface area is 160 Å². The lowest BCUT2D eigenvalue weighted by molar-refractivity contribution is 0.102. The quantitative estimate of drug-likeness (QED) is 0.406. The second-order valence-electron chi connectivity index (χ2n) is 4.82. The van der Waals surface area contributed by atoms with Crippen LogP contribution in [-0.2, 0) is 4.74 Å². The van der Waals surface area contributed by atoms with E-state index in [0.29, 0.717) is 40.5 Å². The summed E-state index contributed by atoms with van der Waals surface area (Å²) >= 11 is 13.5. The van der Waals surface area contributed by atoms with Crippen LogP contribution in [-0.4, -0.2) is 42.5 Å². The Morgan fingerprint density at radius 1 is 1.28 bits per heavy atom. The first kappa shape index (κ1) is 19.8. The standard InChI is InChI=1S/C16H17Cl2N3O3S/c1-23-7-4-8-24-15-10(9-19-16(21-15)25-2)14(22)20-13-11(17)5-3-6-12(13)18/h3,5-6,9H,4,7-8H2,1-2H3,(H,20,22). The molecular formula is C16H17Cl2N3O3S. The predicted octanol–water partition coefficient (Wildman–Crippen LogP) is 4.17. The maximum Gasteiger partial charge on any atom is 0.262 e. The van der Waals surface area contributed by atoms with Gasteiger partial charge in [-0.25, -0.2) is 4.98 Å². The number of hydrogen-bond acceptors (Lipinski definition) is 6. The maximum atomic E-state index is 12.6. The number of hydrogen-bond donors (Lipinski definition) is 1. The molecule has 0 bridgehead atoms. The summed E-state index contributed by atoms with van der Waals surface area (Å²) in [5.74, 6) is -0.250. The highest BCUT2D eigenvalue weighted by Crippen LogP contribution is 2.31. The normalized spacial score (nSPS) is 10.6. The number of anilines is 1. The molecule has 0 saturated heterocycles. The molecule has 0 atom stereocenters. The van der Waals surface area contributed by atoms with Gasteiger partial charge in [-0.15, -0.1) is 0 Å². The molecule has 0 aliphatic rings. The van der Waals surface area contributed by atoms with E-state index in [9.17, 15) is 4.79 Å². The predicted molar refractivity (Wildman–Crippen MR) is 100 cm³/mol. The smallest absolute Gasteiger partial charge is 0.262 e. The third kappa shape index (κ3) is 5.47. The van der Waals surface area contributed by atoms with Gasteiger partial charge in [0.15, 0.2) is 5.16 Å². The molecule has 6 nitrogen and oxygen atoms in total. The van der Waals surface area contributed by atoms with E-state index in [0.717, 1.165) is 0 Å². The molecule has 0 aliphatic carbocycles. The minimum atomic E-state index is -0.454. The van der Waals surface area contributed by atoms with Crippen LogP contribution in [0.4, 0.5) is 5.69 Å². The molecule has 1 aromatic heterocycles. The summed E-state index contributed by atoms with van der Waals surface area (Å²) in [6.45, 7) is 0.920. The fourth-order valence-corrected chi connectivity index (χ4v) is 2.71.